The van der Waals surface area contributed by atoms with Gasteiger partial charge in [-0.2, -0.15) is 0 Å². The van der Waals surface area contributed by atoms with Gasteiger partial charge >= 0.3 is 0 Å². The van der Waals surface area contributed by atoms with E-state index in [4.69, 9.17) is 9.84 Å². The number of hydrogen-bond donors (Lipinski definition) is 1. The normalized spacial score (nSPS) is 24.2. The van der Waals surface area contributed by atoms with Crippen LogP contribution in [0, 0.1) is 23.6 Å². The van der Waals surface area contributed by atoms with E-state index in [-0.39, 0.29) is 11.9 Å². The summed E-state index contributed by atoms with van der Waals surface area (Å²) in [6.07, 6.45) is 2.39. The Morgan fingerprint density at radius 1 is 1.33 bits per heavy atom. The Balaban J connectivity index is 1.86. The van der Waals surface area contributed by atoms with E-state index in [0.717, 1.165) is 19.3 Å². The van der Waals surface area contributed by atoms with Gasteiger partial charge in [-0.15, -0.1) is 0 Å². The fraction of sp³-hybridized carbons (Fsp3) is 0.467. The van der Waals surface area contributed by atoms with Gasteiger partial charge in [-0.05, 0) is 50.5 Å². The van der Waals surface area contributed by atoms with E-state index in [1.807, 2.05) is 0 Å². The van der Waals surface area contributed by atoms with Crippen LogP contribution < -0.4 is 4.74 Å². The third-order valence-corrected chi connectivity index (χ3v) is 3.00. The van der Waals surface area contributed by atoms with Crippen molar-refractivity contribution in [3.63, 3.8) is 0 Å². The summed E-state index contributed by atoms with van der Waals surface area (Å²) in [7, 11) is 0. The summed E-state index contributed by atoms with van der Waals surface area (Å²) in [5.74, 6) is 6.59. The molecule has 3 atom stereocenters. The number of hydrogen-bond acceptors (Lipinski definition) is 2. The molecule has 2 rings (SSSR count). The molecule has 96 valence electrons. The molecule has 1 N–H and O–H groups in total. The Kier molecular flexibility index (Phi) is 4.22. The van der Waals surface area contributed by atoms with Crippen molar-refractivity contribution in [2.75, 3.05) is 0 Å². The Morgan fingerprint density at radius 3 is 2.72 bits per heavy atom. The second-order valence-electron chi connectivity index (χ2n) is 4.67. The number of halogens is 1. The van der Waals surface area contributed by atoms with Gasteiger partial charge in [0.2, 0.25) is 0 Å². The number of ether oxygens (including phenoxy) is 1. The van der Waals surface area contributed by atoms with Crippen LogP contribution in [-0.4, -0.2) is 17.3 Å². The summed E-state index contributed by atoms with van der Waals surface area (Å²) in [6.45, 7) is 1.66. The zero-order chi connectivity index (χ0) is 13.0. The van der Waals surface area contributed by atoms with E-state index in [9.17, 15) is 4.39 Å². The van der Waals surface area contributed by atoms with E-state index in [1.165, 1.54) is 12.1 Å². The van der Waals surface area contributed by atoms with Gasteiger partial charge in [0.15, 0.2) is 0 Å². The SMILES string of the molecule is CC(O)C#C[C@H]1CC[C@@H](Oc2ccc(F)cc2)C1. The van der Waals surface area contributed by atoms with Crippen LogP contribution in [0.2, 0.25) is 0 Å². The minimum atomic E-state index is -0.568. The molecule has 1 aromatic carbocycles. The van der Waals surface area contributed by atoms with Gasteiger partial charge in [0, 0.05) is 5.92 Å². The molecule has 3 heteroatoms. The smallest absolute Gasteiger partial charge is 0.123 e. The van der Waals surface area contributed by atoms with Crippen molar-refractivity contribution >= 4 is 0 Å². The third-order valence-electron chi connectivity index (χ3n) is 3.00. The van der Waals surface area contributed by atoms with E-state index in [2.05, 4.69) is 11.8 Å². The van der Waals surface area contributed by atoms with Crippen LogP contribution in [-0.2, 0) is 0 Å². The molecule has 0 radical (unpaired) electrons. The first-order valence-electron chi connectivity index (χ1n) is 6.25. The van der Waals surface area contributed by atoms with Gasteiger partial charge in [-0.3, -0.25) is 0 Å². The number of benzene rings is 1. The molecular weight excluding hydrogens is 231 g/mol. The summed E-state index contributed by atoms with van der Waals surface area (Å²) in [5, 5.41) is 9.10. The zero-order valence-corrected chi connectivity index (χ0v) is 10.4. The lowest BCUT2D eigenvalue weighted by molar-refractivity contribution is 0.207. The lowest BCUT2D eigenvalue weighted by Crippen LogP contribution is -2.11. The lowest BCUT2D eigenvalue weighted by atomic mass is 10.1. The molecule has 0 spiro atoms. The standard InChI is InChI=1S/C15H17FO2/c1-11(17)2-3-12-4-7-15(10-12)18-14-8-5-13(16)6-9-14/h5-6,8-9,11-12,15,17H,4,7,10H2,1H3/t11?,12-,15+/m0/s1. The largest absolute Gasteiger partial charge is 0.490 e. The number of aliphatic hydroxyl groups is 1. The monoisotopic (exact) mass is 248 g/mol. The van der Waals surface area contributed by atoms with E-state index in [1.54, 1.807) is 19.1 Å². The third kappa shape index (κ3) is 3.75. The average Bonchev–Trinajstić information content (AvgIpc) is 2.77. The fourth-order valence-electron chi connectivity index (χ4n) is 2.12. The van der Waals surface area contributed by atoms with Crippen LogP contribution in [0.5, 0.6) is 5.75 Å². The van der Waals surface area contributed by atoms with Crippen LogP contribution >= 0.6 is 0 Å². The maximum atomic E-state index is 12.7. The summed E-state index contributed by atoms with van der Waals surface area (Å²) in [5.41, 5.74) is 0. The first-order chi connectivity index (χ1) is 8.63. The Bertz CT molecular complexity index is 442. The minimum Gasteiger partial charge on any atom is -0.490 e. The van der Waals surface area contributed by atoms with Gasteiger partial charge < -0.3 is 9.84 Å². The van der Waals surface area contributed by atoms with Crippen LogP contribution in [0.3, 0.4) is 0 Å². The zero-order valence-electron chi connectivity index (χ0n) is 10.4. The summed E-state index contributed by atoms with van der Waals surface area (Å²) >= 11 is 0. The van der Waals surface area contributed by atoms with Gasteiger partial charge in [-0.1, -0.05) is 11.8 Å². The Hall–Kier alpha value is -1.53. The molecule has 1 saturated carbocycles. The van der Waals surface area contributed by atoms with Gasteiger partial charge in [-0.25, -0.2) is 4.39 Å². The van der Waals surface area contributed by atoms with Crippen molar-refractivity contribution in [3.05, 3.63) is 30.1 Å². The molecule has 0 aromatic heterocycles. The fourth-order valence-corrected chi connectivity index (χ4v) is 2.12. The molecule has 0 saturated heterocycles. The van der Waals surface area contributed by atoms with Crippen molar-refractivity contribution in [2.24, 2.45) is 5.92 Å². The van der Waals surface area contributed by atoms with Crippen LogP contribution in [0.1, 0.15) is 26.2 Å². The molecule has 0 aliphatic heterocycles. The van der Waals surface area contributed by atoms with Crippen molar-refractivity contribution in [3.8, 4) is 17.6 Å². The molecule has 1 aliphatic rings. The highest BCUT2D eigenvalue weighted by Crippen LogP contribution is 2.28. The second kappa shape index (κ2) is 5.88. The van der Waals surface area contributed by atoms with Crippen LogP contribution in [0.15, 0.2) is 24.3 Å². The lowest BCUT2D eigenvalue weighted by Gasteiger charge is -2.12. The average molecular weight is 248 g/mol. The first-order valence-corrected chi connectivity index (χ1v) is 6.25. The highest BCUT2D eigenvalue weighted by atomic mass is 19.1. The molecule has 2 nitrogen and oxygen atoms in total. The molecule has 0 heterocycles. The Morgan fingerprint density at radius 2 is 2.06 bits per heavy atom. The van der Waals surface area contributed by atoms with Gasteiger partial charge in [0.25, 0.3) is 0 Å². The van der Waals surface area contributed by atoms with Gasteiger partial charge in [0.05, 0.1) is 6.10 Å². The minimum absolute atomic E-state index is 0.142. The molecule has 1 unspecified atom stereocenters. The van der Waals surface area contributed by atoms with Crippen LogP contribution in [0.25, 0.3) is 0 Å². The summed E-state index contributed by atoms with van der Waals surface area (Å²) < 4.78 is 18.5. The van der Waals surface area contributed by atoms with Crippen molar-refractivity contribution < 1.29 is 14.2 Å². The molecule has 1 aromatic rings. The van der Waals surface area contributed by atoms with Crippen molar-refractivity contribution in [1.82, 2.24) is 0 Å². The quantitative estimate of drug-likeness (QED) is 0.815. The maximum absolute atomic E-state index is 12.7. The van der Waals surface area contributed by atoms with E-state index in [0.29, 0.717) is 11.7 Å². The molecule has 0 bridgehead atoms. The molecule has 1 aliphatic carbocycles. The van der Waals surface area contributed by atoms with E-state index >= 15 is 0 Å². The highest BCUT2D eigenvalue weighted by molar-refractivity contribution is 5.22. The van der Waals surface area contributed by atoms with Crippen LogP contribution in [0.4, 0.5) is 4.39 Å². The molecule has 1 fully saturated rings. The molecular formula is C15H17FO2. The Labute approximate surface area is 107 Å². The first kappa shape index (κ1) is 12.9. The molecule has 0 amide bonds. The summed E-state index contributed by atoms with van der Waals surface area (Å²) in [4.78, 5) is 0. The predicted molar refractivity (Wildman–Crippen MR) is 67.6 cm³/mol. The van der Waals surface area contributed by atoms with Crippen molar-refractivity contribution in [1.29, 1.82) is 0 Å². The molecule has 18 heavy (non-hydrogen) atoms. The van der Waals surface area contributed by atoms with Crippen molar-refractivity contribution in [2.45, 2.75) is 38.4 Å². The number of aliphatic hydroxyl groups excluding tert-OH is 1. The number of rotatable bonds is 2. The maximum Gasteiger partial charge on any atom is 0.123 e. The topological polar surface area (TPSA) is 29.5 Å². The summed E-state index contributed by atoms with van der Waals surface area (Å²) in [6, 6.07) is 6.08. The van der Waals surface area contributed by atoms with Gasteiger partial charge in [0.1, 0.15) is 17.7 Å². The van der Waals surface area contributed by atoms with E-state index < -0.39 is 6.10 Å². The predicted octanol–water partition coefficient (Wildman–Crippen LogP) is 2.76. The highest BCUT2D eigenvalue weighted by Gasteiger charge is 2.24. The second-order valence-corrected chi connectivity index (χ2v) is 4.67.